The van der Waals surface area contributed by atoms with Crippen LogP contribution in [0.25, 0.3) is 0 Å². The minimum Gasteiger partial charge on any atom is -0.497 e. The first kappa shape index (κ1) is 19.2. The Balaban J connectivity index is 1.89. The van der Waals surface area contributed by atoms with Gasteiger partial charge in [-0.1, -0.05) is 23.2 Å². The Labute approximate surface area is 165 Å². The molecule has 0 saturated carbocycles. The normalized spacial score (nSPS) is 11.1. The fourth-order valence-electron chi connectivity index (χ4n) is 2.10. The first-order valence-corrected chi connectivity index (χ1v) is 9.75. The van der Waals surface area contributed by atoms with Crippen LogP contribution in [-0.2, 0) is 10.0 Å². The number of pyridine rings is 2. The van der Waals surface area contributed by atoms with E-state index in [0.29, 0.717) is 11.5 Å². The first-order valence-electron chi connectivity index (χ1n) is 7.51. The van der Waals surface area contributed by atoms with E-state index < -0.39 is 10.0 Å². The summed E-state index contributed by atoms with van der Waals surface area (Å²) < 4.78 is 38.4. The summed E-state index contributed by atoms with van der Waals surface area (Å²) >= 11 is 11.6. The van der Waals surface area contributed by atoms with Gasteiger partial charge in [-0.05, 0) is 48.5 Å². The van der Waals surface area contributed by atoms with Crippen LogP contribution in [0.5, 0.6) is 17.4 Å². The molecule has 0 unspecified atom stereocenters. The molecule has 2 aromatic heterocycles. The van der Waals surface area contributed by atoms with Crippen molar-refractivity contribution < 1.29 is 17.9 Å². The Kier molecular flexibility index (Phi) is 5.69. The summed E-state index contributed by atoms with van der Waals surface area (Å²) in [4.78, 5) is 7.61. The molecule has 0 aliphatic rings. The SMILES string of the molecule is COc1ccc(Oc2ncccc2NS(=O)(=O)c2ccc(Cl)nc2Cl)cc1. The highest BCUT2D eigenvalue weighted by atomic mass is 35.5. The number of aromatic nitrogens is 2. The Hall–Kier alpha value is -2.55. The van der Waals surface area contributed by atoms with Crippen molar-refractivity contribution in [3.63, 3.8) is 0 Å². The third kappa shape index (κ3) is 4.60. The number of rotatable bonds is 6. The van der Waals surface area contributed by atoms with Gasteiger partial charge in [0, 0.05) is 6.20 Å². The predicted octanol–water partition coefficient (Wildman–Crippen LogP) is 4.39. The zero-order chi connectivity index (χ0) is 19.4. The molecule has 0 spiro atoms. The van der Waals surface area contributed by atoms with E-state index in [-0.39, 0.29) is 26.8 Å². The fraction of sp³-hybridized carbons (Fsp3) is 0.0588. The highest BCUT2D eigenvalue weighted by molar-refractivity contribution is 7.92. The summed E-state index contributed by atoms with van der Waals surface area (Å²) in [7, 11) is -2.48. The van der Waals surface area contributed by atoms with Crippen molar-refractivity contribution in [2.75, 3.05) is 11.8 Å². The van der Waals surface area contributed by atoms with Crippen LogP contribution in [0.1, 0.15) is 0 Å². The van der Waals surface area contributed by atoms with Crippen molar-refractivity contribution in [3.05, 3.63) is 65.0 Å². The van der Waals surface area contributed by atoms with Crippen LogP contribution < -0.4 is 14.2 Å². The lowest BCUT2D eigenvalue weighted by Crippen LogP contribution is -2.14. The van der Waals surface area contributed by atoms with Gasteiger partial charge in [-0.3, -0.25) is 4.72 Å². The van der Waals surface area contributed by atoms with Gasteiger partial charge in [-0.2, -0.15) is 0 Å². The molecule has 1 aromatic carbocycles. The van der Waals surface area contributed by atoms with Gasteiger partial charge in [0.15, 0.2) is 5.15 Å². The van der Waals surface area contributed by atoms with Crippen molar-refractivity contribution >= 4 is 38.9 Å². The Bertz CT molecular complexity index is 1060. The molecule has 3 aromatic rings. The summed E-state index contributed by atoms with van der Waals surface area (Å²) in [6, 6.07) is 12.4. The number of methoxy groups -OCH3 is 1. The highest BCUT2D eigenvalue weighted by Gasteiger charge is 2.21. The molecule has 0 bridgehead atoms. The molecule has 3 rings (SSSR count). The smallest absolute Gasteiger partial charge is 0.265 e. The van der Waals surface area contributed by atoms with Crippen LogP contribution in [0.2, 0.25) is 10.3 Å². The van der Waals surface area contributed by atoms with E-state index in [1.54, 1.807) is 37.4 Å². The second kappa shape index (κ2) is 7.99. The van der Waals surface area contributed by atoms with E-state index >= 15 is 0 Å². The number of sulfonamides is 1. The molecule has 0 aliphatic carbocycles. The van der Waals surface area contributed by atoms with Gasteiger partial charge in [-0.25, -0.2) is 18.4 Å². The maximum absolute atomic E-state index is 12.6. The summed E-state index contributed by atoms with van der Waals surface area (Å²) in [6.45, 7) is 0. The zero-order valence-electron chi connectivity index (χ0n) is 13.9. The Morgan fingerprint density at radius 2 is 1.70 bits per heavy atom. The molecule has 0 aliphatic heterocycles. The molecule has 0 radical (unpaired) electrons. The van der Waals surface area contributed by atoms with E-state index in [0.717, 1.165) is 0 Å². The van der Waals surface area contributed by atoms with Gasteiger partial charge in [0.1, 0.15) is 27.2 Å². The minimum absolute atomic E-state index is 0.0734. The largest absolute Gasteiger partial charge is 0.497 e. The Morgan fingerprint density at radius 1 is 1.00 bits per heavy atom. The monoisotopic (exact) mass is 425 g/mol. The molecule has 0 saturated heterocycles. The molecule has 7 nitrogen and oxygen atoms in total. The van der Waals surface area contributed by atoms with Crippen LogP contribution in [0.15, 0.2) is 59.6 Å². The summed E-state index contributed by atoms with van der Waals surface area (Å²) in [5.41, 5.74) is 0.138. The van der Waals surface area contributed by atoms with Gasteiger partial charge >= 0.3 is 0 Å². The average Bonchev–Trinajstić information content (AvgIpc) is 2.63. The highest BCUT2D eigenvalue weighted by Crippen LogP contribution is 2.31. The van der Waals surface area contributed by atoms with Crippen LogP contribution in [-0.4, -0.2) is 25.5 Å². The van der Waals surface area contributed by atoms with E-state index in [9.17, 15) is 8.42 Å². The molecule has 0 fully saturated rings. The van der Waals surface area contributed by atoms with Crippen molar-refractivity contribution in [1.82, 2.24) is 9.97 Å². The predicted molar refractivity (Wildman–Crippen MR) is 102 cm³/mol. The number of hydrogen-bond acceptors (Lipinski definition) is 6. The van der Waals surface area contributed by atoms with Gasteiger partial charge in [0.05, 0.1) is 7.11 Å². The molecule has 2 heterocycles. The molecule has 27 heavy (non-hydrogen) atoms. The quantitative estimate of drug-likeness (QED) is 0.589. The lowest BCUT2D eigenvalue weighted by molar-refractivity contribution is 0.412. The first-order chi connectivity index (χ1) is 12.9. The van der Waals surface area contributed by atoms with E-state index in [2.05, 4.69) is 14.7 Å². The topological polar surface area (TPSA) is 90.4 Å². The van der Waals surface area contributed by atoms with Crippen LogP contribution in [0.4, 0.5) is 5.69 Å². The van der Waals surface area contributed by atoms with Crippen LogP contribution >= 0.6 is 23.2 Å². The number of nitrogens with zero attached hydrogens (tertiary/aromatic N) is 2. The number of ether oxygens (including phenoxy) is 2. The molecular weight excluding hydrogens is 413 g/mol. The summed E-state index contributed by atoms with van der Waals surface area (Å²) in [5.74, 6) is 1.19. The second-order valence-electron chi connectivity index (χ2n) is 5.16. The van der Waals surface area contributed by atoms with Gasteiger partial charge in [0.2, 0.25) is 5.88 Å². The minimum atomic E-state index is -4.03. The molecule has 1 N–H and O–H groups in total. The van der Waals surface area contributed by atoms with E-state index in [1.807, 2.05) is 0 Å². The van der Waals surface area contributed by atoms with Crippen molar-refractivity contribution in [2.24, 2.45) is 0 Å². The molecule has 0 amide bonds. The second-order valence-corrected chi connectivity index (χ2v) is 7.56. The van der Waals surface area contributed by atoms with Gasteiger partial charge in [0.25, 0.3) is 10.0 Å². The average molecular weight is 426 g/mol. The number of benzene rings is 1. The zero-order valence-corrected chi connectivity index (χ0v) is 16.2. The van der Waals surface area contributed by atoms with E-state index in [1.165, 1.54) is 24.4 Å². The van der Waals surface area contributed by atoms with Crippen molar-refractivity contribution in [1.29, 1.82) is 0 Å². The van der Waals surface area contributed by atoms with Crippen molar-refractivity contribution in [3.8, 4) is 17.4 Å². The number of anilines is 1. The Morgan fingerprint density at radius 3 is 2.37 bits per heavy atom. The standard InChI is InChI=1S/C17H13Cl2N3O4S/c1-25-11-4-6-12(7-5-11)26-17-13(3-2-10-20-17)22-27(23,24)14-8-9-15(18)21-16(14)19/h2-10,22H,1H3. The maximum atomic E-state index is 12.6. The van der Waals surface area contributed by atoms with Crippen LogP contribution in [0, 0.1) is 0 Å². The number of hydrogen-bond donors (Lipinski definition) is 1. The fourth-order valence-corrected chi connectivity index (χ4v) is 3.82. The lowest BCUT2D eigenvalue weighted by atomic mass is 10.3. The third-order valence-electron chi connectivity index (χ3n) is 3.36. The molecule has 140 valence electrons. The summed E-state index contributed by atoms with van der Waals surface area (Å²) in [6.07, 6.45) is 1.48. The number of halogens is 2. The third-order valence-corrected chi connectivity index (χ3v) is 5.37. The van der Waals surface area contributed by atoms with Crippen molar-refractivity contribution in [2.45, 2.75) is 4.90 Å². The van der Waals surface area contributed by atoms with E-state index in [4.69, 9.17) is 32.7 Å². The molecule has 0 atom stereocenters. The maximum Gasteiger partial charge on any atom is 0.265 e. The van der Waals surface area contributed by atoms with Crippen LogP contribution in [0.3, 0.4) is 0 Å². The lowest BCUT2D eigenvalue weighted by Gasteiger charge is -2.13. The van der Waals surface area contributed by atoms with Gasteiger partial charge in [-0.15, -0.1) is 0 Å². The molecular formula is C17H13Cl2N3O4S. The molecule has 10 heteroatoms. The summed E-state index contributed by atoms with van der Waals surface area (Å²) in [5, 5.41) is -0.152. The number of nitrogens with one attached hydrogen (secondary N) is 1. The van der Waals surface area contributed by atoms with Gasteiger partial charge < -0.3 is 9.47 Å².